The number of halogens is 3. The third-order valence-electron chi connectivity index (χ3n) is 8.51. The van der Waals surface area contributed by atoms with Crippen LogP contribution in [0.4, 0.5) is 13.2 Å². The summed E-state index contributed by atoms with van der Waals surface area (Å²) in [5, 5.41) is 11.5. The molecule has 218 valence electrons. The molecule has 9 heteroatoms. The van der Waals surface area contributed by atoms with E-state index in [2.05, 4.69) is 77.6 Å². The molecule has 2 aliphatic rings. The van der Waals surface area contributed by atoms with Crippen LogP contribution >= 0.6 is 0 Å². The van der Waals surface area contributed by atoms with Gasteiger partial charge in [0.1, 0.15) is 7.85 Å². The number of rotatable bonds is 6. The Balaban J connectivity index is 0.00000124. The number of piperidine rings is 2. The molecule has 5 rings (SSSR count). The first kappa shape index (κ1) is 30.8. The molecule has 2 radical (unpaired) electrons. The summed E-state index contributed by atoms with van der Waals surface area (Å²) < 4.78 is 39.5. The molecule has 0 aliphatic carbocycles. The van der Waals surface area contributed by atoms with Gasteiger partial charge in [-0.25, -0.2) is 0 Å². The van der Waals surface area contributed by atoms with Gasteiger partial charge in [-0.15, -0.1) is 0 Å². The maximum absolute atomic E-state index is 13.2. The molecule has 0 amide bonds. The van der Waals surface area contributed by atoms with E-state index in [1.807, 2.05) is 6.20 Å². The van der Waals surface area contributed by atoms with Crippen molar-refractivity contribution in [1.29, 1.82) is 0 Å². The van der Waals surface area contributed by atoms with Crippen molar-refractivity contribution in [2.24, 2.45) is 5.41 Å². The van der Waals surface area contributed by atoms with Crippen molar-refractivity contribution in [3.8, 4) is 0 Å². The lowest BCUT2D eigenvalue weighted by Gasteiger charge is -2.52. The van der Waals surface area contributed by atoms with Gasteiger partial charge < -0.3 is 15.1 Å². The molecule has 2 N–H and O–H groups in total. The lowest BCUT2D eigenvalue weighted by Crippen LogP contribution is -2.50. The highest BCUT2D eigenvalue weighted by molar-refractivity contribution is 6.34. The largest absolute Gasteiger partial charge is 0.416 e. The molecule has 0 bridgehead atoms. The lowest BCUT2D eigenvalue weighted by molar-refractivity contribution is -0.137. The van der Waals surface area contributed by atoms with E-state index in [0.717, 1.165) is 74.2 Å². The predicted molar refractivity (Wildman–Crippen MR) is 163 cm³/mol. The molecular formula is C32H41BF3N5. The van der Waals surface area contributed by atoms with Crippen LogP contribution < -0.4 is 10.8 Å². The minimum absolute atomic E-state index is 0.226. The summed E-state index contributed by atoms with van der Waals surface area (Å²) >= 11 is 0. The second-order valence-electron chi connectivity index (χ2n) is 11.5. The van der Waals surface area contributed by atoms with Crippen molar-refractivity contribution in [3.05, 3.63) is 78.1 Å². The lowest BCUT2D eigenvalue weighted by atomic mass is 9.62. The summed E-state index contributed by atoms with van der Waals surface area (Å²) in [7, 11) is 8.14. The van der Waals surface area contributed by atoms with E-state index in [-0.39, 0.29) is 16.4 Å². The van der Waals surface area contributed by atoms with Gasteiger partial charge in [-0.1, -0.05) is 57.1 Å². The predicted octanol–water partition coefficient (Wildman–Crippen LogP) is 6.07. The smallest absolute Gasteiger partial charge is 0.380 e. The normalized spacial score (nSPS) is 19.1. The fourth-order valence-electron chi connectivity index (χ4n) is 6.10. The summed E-state index contributed by atoms with van der Waals surface area (Å²) in [5.41, 5.74) is 3.67. The average molecular weight is 564 g/mol. The van der Waals surface area contributed by atoms with E-state index in [1.165, 1.54) is 18.1 Å². The topological polar surface area (TPSA) is 47.2 Å². The van der Waals surface area contributed by atoms with Crippen molar-refractivity contribution in [2.75, 3.05) is 39.8 Å². The second-order valence-corrected chi connectivity index (χ2v) is 11.5. The monoisotopic (exact) mass is 563 g/mol. The third kappa shape index (κ3) is 7.00. The van der Waals surface area contributed by atoms with Gasteiger partial charge in [-0.05, 0) is 67.6 Å². The zero-order valence-corrected chi connectivity index (χ0v) is 24.4. The zero-order valence-electron chi connectivity index (χ0n) is 24.4. The van der Waals surface area contributed by atoms with Crippen molar-refractivity contribution in [2.45, 2.75) is 51.6 Å². The Morgan fingerprint density at radius 2 is 1.78 bits per heavy atom. The first-order valence-corrected chi connectivity index (χ1v) is 14.4. The number of hydrogen-bond donors (Lipinski definition) is 2. The molecule has 1 spiro atoms. The van der Waals surface area contributed by atoms with Gasteiger partial charge in [-0.2, -0.15) is 18.3 Å². The van der Waals surface area contributed by atoms with Crippen LogP contribution in [0.1, 0.15) is 62.1 Å². The highest BCUT2D eigenvalue weighted by Crippen LogP contribution is 2.50. The van der Waals surface area contributed by atoms with Crippen LogP contribution in [0.25, 0.3) is 16.6 Å². The molecule has 2 aliphatic heterocycles. The number of nitrogens with zero attached hydrogens (tertiary/aromatic N) is 3. The van der Waals surface area contributed by atoms with Gasteiger partial charge in [0.05, 0.1) is 23.8 Å². The molecule has 2 aromatic carbocycles. The van der Waals surface area contributed by atoms with Gasteiger partial charge in [0.2, 0.25) is 0 Å². The summed E-state index contributed by atoms with van der Waals surface area (Å²) in [6.45, 7) is 16.8. The number of H-pyrrole nitrogens is 1. The second kappa shape index (κ2) is 12.8. The van der Waals surface area contributed by atoms with Crippen LogP contribution in [-0.2, 0) is 6.18 Å². The molecule has 1 unspecified atom stereocenters. The van der Waals surface area contributed by atoms with E-state index in [1.54, 1.807) is 0 Å². The molecule has 2 fully saturated rings. The van der Waals surface area contributed by atoms with Crippen molar-refractivity contribution < 1.29 is 13.2 Å². The third-order valence-corrected chi connectivity index (χ3v) is 8.51. The highest BCUT2D eigenvalue weighted by Gasteiger charge is 2.45. The van der Waals surface area contributed by atoms with E-state index in [9.17, 15) is 13.2 Å². The van der Waals surface area contributed by atoms with Gasteiger partial charge in [-0.3, -0.25) is 5.10 Å². The van der Waals surface area contributed by atoms with E-state index < -0.39 is 11.7 Å². The molecular weight excluding hydrogens is 522 g/mol. The van der Waals surface area contributed by atoms with Crippen molar-refractivity contribution in [1.82, 2.24) is 25.3 Å². The standard InChI is InChI=1S/C29H33BF3N5.C3H8/c1-19(16-34-20(2)24-15-23(29(31,32)33)5-6-26(24)30)38-12-9-28(10-13-38)8-11-37(3)18-25(28)21-4-7-27-22(14-21)17-35-36-27;1-3-2/h4-7,14-15,17,25,34H,1-2,8-13,16,18H2,3H3,(H,35,36);3H2,1-2H3. The summed E-state index contributed by atoms with van der Waals surface area (Å²) in [4.78, 5) is 4.71. The number of hydrogen-bond acceptors (Lipinski definition) is 4. The van der Waals surface area contributed by atoms with Crippen LogP contribution in [0.15, 0.2) is 61.4 Å². The Morgan fingerprint density at radius 1 is 1.10 bits per heavy atom. The van der Waals surface area contributed by atoms with Crippen LogP contribution in [0, 0.1) is 5.41 Å². The number of likely N-dealkylation sites (N-methyl/N-ethyl adjacent to an activating group) is 1. The molecule has 5 nitrogen and oxygen atoms in total. The number of fused-ring (bicyclic) bond motifs is 1. The van der Waals surface area contributed by atoms with Gasteiger partial charge in [0, 0.05) is 42.3 Å². The van der Waals surface area contributed by atoms with Crippen LogP contribution in [0.2, 0.25) is 0 Å². The Kier molecular flexibility index (Phi) is 9.57. The fourth-order valence-corrected chi connectivity index (χ4v) is 6.10. The van der Waals surface area contributed by atoms with Gasteiger partial charge in [0.15, 0.2) is 0 Å². The maximum Gasteiger partial charge on any atom is 0.416 e. The first-order chi connectivity index (χ1) is 19.5. The van der Waals surface area contributed by atoms with E-state index >= 15 is 0 Å². The number of likely N-dealkylation sites (tertiary alicyclic amines) is 2. The van der Waals surface area contributed by atoms with E-state index in [0.29, 0.717) is 18.2 Å². The van der Waals surface area contributed by atoms with E-state index in [4.69, 9.17) is 7.85 Å². The van der Waals surface area contributed by atoms with Gasteiger partial charge in [0.25, 0.3) is 0 Å². The van der Waals surface area contributed by atoms with Crippen molar-refractivity contribution >= 4 is 29.9 Å². The number of aromatic nitrogens is 2. The SMILES string of the molecule is CCC.[B]c1ccc(C(F)(F)F)cc1C(=C)NCC(=C)N1CCC2(CCN(C)CC2c2ccc3[nH]ncc3c2)CC1. The van der Waals surface area contributed by atoms with Crippen molar-refractivity contribution in [3.63, 3.8) is 0 Å². The number of benzene rings is 2. The molecule has 3 aromatic rings. The number of aromatic amines is 1. The Morgan fingerprint density at radius 3 is 2.46 bits per heavy atom. The molecule has 1 atom stereocenters. The minimum Gasteiger partial charge on any atom is -0.380 e. The quantitative estimate of drug-likeness (QED) is 0.358. The first-order valence-electron chi connectivity index (χ1n) is 14.4. The fraction of sp³-hybridized carbons (Fsp3) is 0.469. The zero-order chi connectivity index (χ0) is 29.8. The Labute approximate surface area is 243 Å². The number of nitrogens with one attached hydrogen (secondary N) is 2. The molecule has 1 aromatic heterocycles. The minimum atomic E-state index is -4.44. The Bertz CT molecular complexity index is 1360. The van der Waals surface area contributed by atoms with Crippen LogP contribution in [-0.4, -0.2) is 67.6 Å². The average Bonchev–Trinajstić information content (AvgIpc) is 3.41. The van der Waals surface area contributed by atoms with Gasteiger partial charge >= 0.3 is 6.18 Å². The molecule has 0 saturated carbocycles. The Hall–Kier alpha value is -3.20. The summed E-state index contributed by atoms with van der Waals surface area (Å²) in [6, 6.07) is 9.95. The molecule has 3 heterocycles. The summed E-state index contributed by atoms with van der Waals surface area (Å²) in [6.07, 6.45) is 1.98. The highest BCUT2D eigenvalue weighted by atomic mass is 19.4. The van der Waals surface area contributed by atoms with Crippen LogP contribution in [0.5, 0.6) is 0 Å². The summed E-state index contributed by atoms with van der Waals surface area (Å²) in [5.74, 6) is 0.442. The molecule has 2 saturated heterocycles. The maximum atomic E-state index is 13.2. The number of alkyl halides is 3. The molecule has 41 heavy (non-hydrogen) atoms. The van der Waals surface area contributed by atoms with Crippen LogP contribution in [0.3, 0.4) is 0 Å².